The van der Waals surface area contributed by atoms with Gasteiger partial charge in [0.05, 0.1) is 6.04 Å². The van der Waals surface area contributed by atoms with Crippen molar-refractivity contribution in [3.05, 3.63) is 88.9 Å². The second kappa shape index (κ2) is 10.6. The molecule has 0 saturated heterocycles. The number of furan rings is 1. The molecule has 36 heavy (non-hydrogen) atoms. The fraction of sp³-hybridized carbons (Fsp3) is 0.400. The predicted molar refractivity (Wildman–Crippen MR) is 140 cm³/mol. The Labute approximate surface area is 213 Å². The molecule has 0 unspecified atom stereocenters. The van der Waals surface area contributed by atoms with Crippen LogP contribution >= 0.6 is 0 Å². The molecule has 0 spiro atoms. The van der Waals surface area contributed by atoms with Gasteiger partial charge in [0.1, 0.15) is 18.1 Å². The summed E-state index contributed by atoms with van der Waals surface area (Å²) in [5.41, 5.74) is 2.90. The SMILES string of the molecule is CC(C)CNC(=O)c1ccc(COc2ccc3c(c2)[C@@H](c2ccccc2)N(C(=O)C(C)(C)C)CC3)o1. The zero-order valence-corrected chi connectivity index (χ0v) is 21.8. The van der Waals surface area contributed by atoms with E-state index in [1.54, 1.807) is 12.1 Å². The van der Waals surface area contributed by atoms with Crippen LogP contribution in [0.4, 0.5) is 0 Å². The van der Waals surface area contributed by atoms with E-state index in [0.717, 1.165) is 17.5 Å². The topological polar surface area (TPSA) is 71.8 Å². The summed E-state index contributed by atoms with van der Waals surface area (Å²) in [6.07, 6.45) is 0.799. The highest BCUT2D eigenvalue weighted by atomic mass is 16.5. The van der Waals surface area contributed by atoms with Crippen LogP contribution in [0.25, 0.3) is 0 Å². The maximum atomic E-state index is 13.4. The molecular weight excluding hydrogens is 452 g/mol. The van der Waals surface area contributed by atoms with Gasteiger partial charge in [-0.2, -0.15) is 0 Å². The Hall–Kier alpha value is -3.54. The Morgan fingerprint density at radius 2 is 1.83 bits per heavy atom. The van der Waals surface area contributed by atoms with E-state index >= 15 is 0 Å². The van der Waals surface area contributed by atoms with Crippen LogP contribution in [0.1, 0.15) is 73.7 Å². The Bertz CT molecular complexity index is 1210. The first-order valence-corrected chi connectivity index (χ1v) is 12.6. The maximum absolute atomic E-state index is 13.4. The third-order valence-electron chi connectivity index (χ3n) is 6.30. The van der Waals surface area contributed by atoms with Crippen molar-refractivity contribution in [2.45, 2.75) is 53.7 Å². The molecule has 6 heteroatoms. The summed E-state index contributed by atoms with van der Waals surface area (Å²) < 4.78 is 11.8. The van der Waals surface area contributed by atoms with E-state index in [2.05, 4.69) is 23.5 Å². The van der Waals surface area contributed by atoms with Crippen molar-refractivity contribution in [3.63, 3.8) is 0 Å². The number of nitrogens with one attached hydrogen (secondary N) is 1. The second-order valence-corrected chi connectivity index (χ2v) is 10.8. The van der Waals surface area contributed by atoms with Gasteiger partial charge in [-0.3, -0.25) is 9.59 Å². The maximum Gasteiger partial charge on any atom is 0.287 e. The molecule has 2 aromatic carbocycles. The highest BCUT2D eigenvalue weighted by Crippen LogP contribution is 2.39. The molecule has 0 fully saturated rings. The molecule has 1 N–H and O–H groups in total. The molecule has 2 heterocycles. The fourth-order valence-electron chi connectivity index (χ4n) is 4.44. The summed E-state index contributed by atoms with van der Waals surface area (Å²) in [6.45, 7) is 11.5. The number of benzene rings is 2. The van der Waals surface area contributed by atoms with Crippen LogP contribution in [0.3, 0.4) is 0 Å². The average molecular weight is 489 g/mol. The molecule has 3 aromatic rings. The van der Waals surface area contributed by atoms with Gasteiger partial charge in [0.25, 0.3) is 5.91 Å². The molecule has 2 amide bonds. The lowest BCUT2D eigenvalue weighted by atomic mass is 9.85. The van der Waals surface area contributed by atoms with Crippen molar-refractivity contribution in [2.24, 2.45) is 11.3 Å². The van der Waals surface area contributed by atoms with Gasteiger partial charge in [-0.1, -0.05) is 71.0 Å². The molecular formula is C30H36N2O4. The van der Waals surface area contributed by atoms with E-state index in [-0.39, 0.29) is 30.2 Å². The summed E-state index contributed by atoms with van der Waals surface area (Å²) in [5, 5.41) is 2.86. The molecule has 0 saturated carbocycles. The van der Waals surface area contributed by atoms with Crippen LogP contribution in [-0.2, 0) is 17.8 Å². The van der Waals surface area contributed by atoms with Crippen LogP contribution in [-0.4, -0.2) is 29.8 Å². The Balaban J connectivity index is 1.55. The van der Waals surface area contributed by atoms with Gasteiger partial charge in [0.2, 0.25) is 5.91 Å². The first-order valence-electron chi connectivity index (χ1n) is 12.6. The second-order valence-electron chi connectivity index (χ2n) is 10.8. The van der Waals surface area contributed by atoms with Crippen molar-refractivity contribution in [1.82, 2.24) is 10.2 Å². The molecule has 1 aromatic heterocycles. The first-order chi connectivity index (χ1) is 17.1. The number of ether oxygens (including phenoxy) is 1. The van der Waals surface area contributed by atoms with Crippen molar-refractivity contribution < 1.29 is 18.7 Å². The summed E-state index contributed by atoms with van der Waals surface area (Å²) in [6, 6.07) is 19.5. The largest absolute Gasteiger partial charge is 0.486 e. The van der Waals surface area contributed by atoms with Gasteiger partial charge in [-0.15, -0.1) is 0 Å². The zero-order valence-electron chi connectivity index (χ0n) is 21.8. The standard InChI is InChI=1S/C30H36N2O4/c1-20(2)18-31-28(33)26-14-13-24(36-26)19-35-23-12-11-21-15-16-32(29(34)30(3,4)5)27(25(21)17-23)22-9-7-6-8-10-22/h6-14,17,20,27H,15-16,18-19H2,1-5H3,(H,31,33)/t27-/m1/s1. The number of carbonyl (C=O) groups excluding carboxylic acids is 2. The minimum Gasteiger partial charge on any atom is -0.486 e. The van der Waals surface area contributed by atoms with Crippen LogP contribution in [0.15, 0.2) is 65.1 Å². The number of amides is 2. The monoisotopic (exact) mass is 488 g/mol. The lowest BCUT2D eigenvalue weighted by Crippen LogP contribution is -2.45. The third-order valence-corrected chi connectivity index (χ3v) is 6.30. The fourth-order valence-corrected chi connectivity index (χ4v) is 4.44. The van der Waals surface area contributed by atoms with E-state index < -0.39 is 5.41 Å². The molecule has 1 aliphatic heterocycles. The minimum atomic E-state index is -0.475. The number of rotatable bonds is 7. The normalized spacial score (nSPS) is 15.5. The molecule has 0 radical (unpaired) electrons. The molecule has 0 bridgehead atoms. The number of hydrogen-bond donors (Lipinski definition) is 1. The van der Waals surface area contributed by atoms with E-state index in [9.17, 15) is 9.59 Å². The Kier molecular flexibility index (Phi) is 7.53. The summed E-state index contributed by atoms with van der Waals surface area (Å²) in [7, 11) is 0. The van der Waals surface area contributed by atoms with Crippen LogP contribution in [0.5, 0.6) is 5.75 Å². The van der Waals surface area contributed by atoms with Crippen LogP contribution < -0.4 is 10.1 Å². The highest BCUT2D eigenvalue weighted by molar-refractivity contribution is 5.91. The smallest absolute Gasteiger partial charge is 0.287 e. The van der Waals surface area contributed by atoms with E-state index in [1.165, 1.54) is 5.56 Å². The first kappa shape index (κ1) is 25.5. The Morgan fingerprint density at radius 1 is 1.08 bits per heavy atom. The van der Waals surface area contributed by atoms with E-state index in [0.29, 0.717) is 30.5 Å². The van der Waals surface area contributed by atoms with Gasteiger partial charge in [-0.05, 0) is 53.3 Å². The average Bonchev–Trinajstić information content (AvgIpc) is 3.34. The predicted octanol–water partition coefficient (Wildman–Crippen LogP) is 5.76. The van der Waals surface area contributed by atoms with Gasteiger partial charge in [-0.25, -0.2) is 0 Å². The molecule has 6 nitrogen and oxygen atoms in total. The number of hydrogen-bond acceptors (Lipinski definition) is 4. The number of carbonyl (C=O) groups is 2. The molecule has 4 rings (SSSR count). The summed E-state index contributed by atoms with van der Waals surface area (Å²) in [4.78, 5) is 27.6. The summed E-state index contributed by atoms with van der Waals surface area (Å²) >= 11 is 0. The molecule has 1 atom stereocenters. The molecule has 1 aliphatic rings. The lowest BCUT2D eigenvalue weighted by molar-refractivity contribution is -0.141. The van der Waals surface area contributed by atoms with Crippen LogP contribution in [0, 0.1) is 11.3 Å². The third kappa shape index (κ3) is 5.81. The van der Waals surface area contributed by atoms with Crippen molar-refractivity contribution in [1.29, 1.82) is 0 Å². The minimum absolute atomic E-state index is 0.132. The lowest BCUT2D eigenvalue weighted by Gasteiger charge is -2.41. The van der Waals surface area contributed by atoms with E-state index in [4.69, 9.17) is 9.15 Å². The van der Waals surface area contributed by atoms with E-state index in [1.807, 2.05) is 69.9 Å². The van der Waals surface area contributed by atoms with Crippen molar-refractivity contribution in [2.75, 3.05) is 13.1 Å². The summed E-state index contributed by atoms with van der Waals surface area (Å²) in [5.74, 6) is 1.82. The molecule has 0 aliphatic carbocycles. The number of nitrogens with zero attached hydrogens (tertiary/aromatic N) is 1. The van der Waals surface area contributed by atoms with Gasteiger partial charge in [0.15, 0.2) is 5.76 Å². The van der Waals surface area contributed by atoms with Gasteiger partial charge < -0.3 is 19.4 Å². The van der Waals surface area contributed by atoms with Gasteiger partial charge >= 0.3 is 0 Å². The Morgan fingerprint density at radius 3 is 2.53 bits per heavy atom. The number of fused-ring (bicyclic) bond motifs is 1. The highest BCUT2D eigenvalue weighted by Gasteiger charge is 2.37. The molecule has 190 valence electrons. The van der Waals surface area contributed by atoms with Crippen LogP contribution in [0.2, 0.25) is 0 Å². The zero-order chi connectivity index (χ0) is 25.9. The van der Waals surface area contributed by atoms with Gasteiger partial charge in [0, 0.05) is 18.5 Å². The quantitative estimate of drug-likeness (QED) is 0.459. The van der Waals surface area contributed by atoms with Crippen molar-refractivity contribution in [3.8, 4) is 5.75 Å². The van der Waals surface area contributed by atoms with Crippen molar-refractivity contribution >= 4 is 11.8 Å².